The number of hydrogen-bond donors (Lipinski definition) is 1. The van der Waals surface area contributed by atoms with Crippen LogP contribution in [0.2, 0.25) is 0 Å². The maximum atomic E-state index is 5.76. The van der Waals surface area contributed by atoms with E-state index in [0.717, 1.165) is 24.2 Å². The second-order valence-electron chi connectivity index (χ2n) is 4.41. The van der Waals surface area contributed by atoms with Gasteiger partial charge in [-0.05, 0) is 31.7 Å². The third kappa shape index (κ3) is 1.74. The molecule has 1 aliphatic rings. The number of hydrogen-bond acceptors (Lipinski definition) is 3. The summed E-state index contributed by atoms with van der Waals surface area (Å²) in [5.74, 6) is 0.936. The van der Waals surface area contributed by atoms with Crippen LogP contribution in [0.4, 0.5) is 0 Å². The second-order valence-corrected chi connectivity index (χ2v) is 4.41. The highest BCUT2D eigenvalue weighted by molar-refractivity contribution is 5.37. The van der Waals surface area contributed by atoms with Gasteiger partial charge in [-0.1, -0.05) is 6.07 Å². The van der Waals surface area contributed by atoms with Gasteiger partial charge in [0.1, 0.15) is 12.1 Å². The van der Waals surface area contributed by atoms with Crippen LogP contribution in [0.3, 0.4) is 0 Å². The quantitative estimate of drug-likeness (QED) is 0.849. The average molecular weight is 228 g/mol. The lowest BCUT2D eigenvalue weighted by molar-refractivity contribution is 0.653. The van der Waals surface area contributed by atoms with E-state index in [1.165, 1.54) is 24.2 Å². The monoisotopic (exact) mass is 228 g/mol. The molecule has 2 N–H and O–H groups in total. The van der Waals surface area contributed by atoms with Crippen molar-refractivity contribution in [2.75, 3.05) is 0 Å². The molecule has 4 nitrogen and oxygen atoms in total. The van der Waals surface area contributed by atoms with Gasteiger partial charge in [0, 0.05) is 24.0 Å². The van der Waals surface area contributed by atoms with Crippen LogP contribution in [0.5, 0.6) is 0 Å². The number of rotatable bonds is 2. The Labute approximate surface area is 101 Å². The molecule has 1 aliphatic carbocycles. The molecular weight excluding hydrogens is 212 g/mol. The van der Waals surface area contributed by atoms with Crippen molar-refractivity contribution < 1.29 is 0 Å². The van der Waals surface area contributed by atoms with Crippen LogP contribution in [0.15, 0.2) is 24.7 Å². The van der Waals surface area contributed by atoms with Crippen LogP contribution in [0.25, 0.3) is 5.82 Å². The predicted octanol–water partition coefficient (Wildman–Crippen LogP) is 1.60. The molecule has 0 saturated carbocycles. The lowest BCUT2D eigenvalue weighted by Crippen LogP contribution is -2.11. The first kappa shape index (κ1) is 10.5. The summed E-state index contributed by atoms with van der Waals surface area (Å²) in [6.45, 7) is 0.510. The minimum absolute atomic E-state index is 0.510. The maximum absolute atomic E-state index is 5.76. The summed E-state index contributed by atoms with van der Waals surface area (Å²) < 4.78 is 2.11. The SMILES string of the molecule is NCc1cccnc1-n1cnc2c1CCCC2. The van der Waals surface area contributed by atoms with Crippen LogP contribution >= 0.6 is 0 Å². The fourth-order valence-corrected chi connectivity index (χ4v) is 2.46. The highest BCUT2D eigenvalue weighted by Crippen LogP contribution is 2.23. The molecule has 2 heterocycles. The summed E-state index contributed by atoms with van der Waals surface area (Å²) in [5.41, 5.74) is 9.36. The first-order chi connectivity index (χ1) is 8.40. The van der Waals surface area contributed by atoms with Gasteiger partial charge in [0.05, 0.1) is 5.69 Å². The smallest absolute Gasteiger partial charge is 0.142 e. The molecule has 2 aromatic heterocycles. The number of nitrogens with two attached hydrogens (primary N) is 1. The Morgan fingerprint density at radius 2 is 2.12 bits per heavy atom. The summed E-state index contributed by atoms with van der Waals surface area (Å²) in [6.07, 6.45) is 8.36. The Hall–Kier alpha value is -1.68. The second kappa shape index (κ2) is 4.30. The normalized spacial score (nSPS) is 14.6. The molecular formula is C13H16N4. The number of pyridine rings is 1. The van der Waals surface area contributed by atoms with Gasteiger partial charge in [-0.25, -0.2) is 9.97 Å². The molecule has 0 radical (unpaired) electrons. The Bertz CT molecular complexity index is 530. The molecule has 0 spiro atoms. The summed E-state index contributed by atoms with van der Waals surface area (Å²) in [4.78, 5) is 8.93. The zero-order valence-electron chi connectivity index (χ0n) is 9.76. The van der Waals surface area contributed by atoms with E-state index >= 15 is 0 Å². The van der Waals surface area contributed by atoms with Gasteiger partial charge < -0.3 is 5.73 Å². The van der Waals surface area contributed by atoms with Crippen LogP contribution < -0.4 is 5.73 Å². The molecule has 88 valence electrons. The van der Waals surface area contributed by atoms with Crippen molar-refractivity contribution in [2.45, 2.75) is 32.2 Å². The van der Waals surface area contributed by atoms with E-state index in [4.69, 9.17) is 5.73 Å². The van der Waals surface area contributed by atoms with Crippen LogP contribution in [-0.2, 0) is 19.4 Å². The summed E-state index contributed by atoms with van der Waals surface area (Å²) in [6, 6.07) is 3.95. The molecule has 0 fully saturated rings. The van der Waals surface area contributed by atoms with E-state index in [1.807, 2.05) is 24.7 Å². The predicted molar refractivity (Wildman–Crippen MR) is 65.9 cm³/mol. The minimum atomic E-state index is 0.510. The summed E-state index contributed by atoms with van der Waals surface area (Å²) in [5, 5.41) is 0. The number of nitrogens with zero attached hydrogens (tertiary/aromatic N) is 3. The lowest BCUT2D eigenvalue weighted by Gasteiger charge is -2.15. The molecule has 0 atom stereocenters. The molecule has 0 bridgehead atoms. The fraction of sp³-hybridized carbons (Fsp3) is 0.385. The van der Waals surface area contributed by atoms with E-state index in [-0.39, 0.29) is 0 Å². The van der Waals surface area contributed by atoms with Gasteiger partial charge in [0.15, 0.2) is 0 Å². The van der Waals surface area contributed by atoms with Crippen LogP contribution in [0.1, 0.15) is 29.8 Å². The van der Waals surface area contributed by atoms with Crippen molar-refractivity contribution in [1.29, 1.82) is 0 Å². The maximum Gasteiger partial charge on any atom is 0.142 e. The third-order valence-electron chi connectivity index (χ3n) is 3.35. The van der Waals surface area contributed by atoms with Gasteiger partial charge in [0.25, 0.3) is 0 Å². The van der Waals surface area contributed by atoms with Gasteiger partial charge in [0.2, 0.25) is 0 Å². The van der Waals surface area contributed by atoms with Crippen LogP contribution in [0, 0.1) is 0 Å². The first-order valence-electron chi connectivity index (χ1n) is 6.09. The standard InChI is InChI=1S/C13H16N4/c14-8-10-4-3-7-15-13(10)17-9-16-11-5-1-2-6-12(11)17/h3-4,7,9H,1-2,5-6,8,14H2. The first-order valence-corrected chi connectivity index (χ1v) is 6.09. The zero-order chi connectivity index (χ0) is 11.7. The summed E-state index contributed by atoms with van der Waals surface area (Å²) in [7, 11) is 0. The van der Waals surface area contributed by atoms with Crippen molar-refractivity contribution in [3.8, 4) is 5.82 Å². The van der Waals surface area contributed by atoms with Gasteiger partial charge in [-0.2, -0.15) is 0 Å². The average Bonchev–Trinajstić information content (AvgIpc) is 2.82. The van der Waals surface area contributed by atoms with Crippen molar-refractivity contribution >= 4 is 0 Å². The fourth-order valence-electron chi connectivity index (χ4n) is 2.46. The number of aryl methyl sites for hydroxylation is 1. The largest absolute Gasteiger partial charge is 0.326 e. The van der Waals surface area contributed by atoms with Crippen molar-refractivity contribution in [1.82, 2.24) is 14.5 Å². The summed E-state index contributed by atoms with van der Waals surface area (Å²) >= 11 is 0. The molecule has 17 heavy (non-hydrogen) atoms. The van der Waals surface area contributed by atoms with Crippen molar-refractivity contribution in [2.24, 2.45) is 5.73 Å². The minimum Gasteiger partial charge on any atom is -0.326 e. The molecule has 0 aromatic carbocycles. The number of fused-ring (bicyclic) bond motifs is 1. The molecule has 0 unspecified atom stereocenters. The molecule has 3 rings (SSSR count). The lowest BCUT2D eigenvalue weighted by atomic mass is 10.0. The van der Waals surface area contributed by atoms with Gasteiger partial charge in [-0.15, -0.1) is 0 Å². The Morgan fingerprint density at radius 1 is 1.24 bits per heavy atom. The van der Waals surface area contributed by atoms with E-state index in [1.54, 1.807) is 0 Å². The number of imidazole rings is 1. The van der Waals surface area contributed by atoms with Gasteiger partial charge in [-0.3, -0.25) is 4.57 Å². The van der Waals surface area contributed by atoms with Gasteiger partial charge >= 0.3 is 0 Å². The Balaban J connectivity index is 2.12. The zero-order valence-corrected chi connectivity index (χ0v) is 9.76. The Kier molecular flexibility index (Phi) is 2.65. The molecule has 0 amide bonds. The number of aromatic nitrogens is 3. The highest BCUT2D eigenvalue weighted by Gasteiger charge is 2.17. The Morgan fingerprint density at radius 3 is 3.00 bits per heavy atom. The molecule has 0 saturated heterocycles. The van der Waals surface area contributed by atoms with E-state index in [0.29, 0.717) is 6.54 Å². The van der Waals surface area contributed by atoms with E-state index in [9.17, 15) is 0 Å². The topological polar surface area (TPSA) is 56.7 Å². The molecule has 2 aromatic rings. The van der Waals surface area contributed by atoms with E-state index in [2.05, 4.69) is 14.5 Å². The van der Waals surface area contributed by atoms with Crippen molar-refractivity contribution in [3.05, 3.63) is 41.6 Å². The van der Waals surface area contributed by atoms with Crippen molar-refractivity contribution in [3.63, 3.8) is 0 Å². The highest BCUT2D eigenvalue weighted by atomic mass is 15.1. The van der Waals surface area contributed by atoms with Crippen LogP contribution in [-0.4, -0.2) is 14.5 Å². The molecule has 4 heteroatoms. The van der Waals surface area contributed by atoms with E-state index < -0.39 is 0 Å². The molecule has 0 aliphatic heterocycles. The third-order valence-corrected chi connectivity index (χ3v) is 3.35.